The predicted molar refractivity (Wildman–Crippen MR) is 99.2 cm³/mol. The molecule has 0 saturated carbocycles. The number of aryl methyl sites for hydroxylation is 1. The van der Waals surface area contributed by atoms with Gasteiger partial charge in [0.15, 0.2) is 0 Å². The van der Waals surface area contributed by atoms with Gasteiger partial charge >= 0.3 is 0 Å². The first-order valence-corrected chi connectivity index (χ1v) is 8.84. The summed E-state index contributed by atoms with van der Waals surface area (Å²) in [5.41, 5.74) is 1.44. The van der Waals surface area contributed by atoms with Crippen LogP contribution in [0.25, 0.3) is 10.9 Å². The van der Waals surface area contributed by atoms with E-state index in [0.717, 1.165) is 30.9 Å². The zero-order valence-corrected chi connectivity index (χ0v) is 14.7. The summed E-state index contributed by atoms with van der Waals surface area (Å²) >= 11 is 0. The van der Waals surface area contributed by atoms with Crippen LogP contribution in [0.4, 0.5) is 5.82 Å². The third kappa shape index (κ3) is 2.84. The number of anilines is 1. The number of benzene rings is 1. The maximum Gasteiger partial charge on any atom is 0.261 e. The number of rotatable bonds is 4. The number of hydrogen-bond acceptors (Lipinski definition) is 6. The molecule has 1 aliphatic rings. The van der Waals surface area contributed by atoms with E-state index in [-0.39, 0.29) is 24.8 Å². The lowest BCUT2D eigenvalue weighted by molar-refractivity contribution is 0.270. The Labute approximate surface area is 151 Å². The second-order valence-electron chi connectivity index (χ2n) is 6.53. The summed E-state index contributed by atoms with van der Waals surface area (Å²) in [5.74, 6) is 1.47. The van der Waals surface area contributed by atoms with Gasteiger partial charge in [0.05, 0.1) is 48.2 Å². The molecule has 1 N–H and O–H groups in total. The number of aliphatic hydroxyl groups excluding tert-OH is 1. The largest absolute Gasteiger partial charge is 0.395 e. The van der Waals surface area contributed by atoms with E-state index < -0.39 is 0 Å². The van der Waals surface area contributed by atoms with Gasteiger partial charge < -0.3 is 10.0 Å². The molecule has 134 valence electrons. The van der Waals surface area contributed by atoms with Gasteiger partial charge in [0.25, 0.3) is 5.56 Å². The second-order valence-corrected chi connectivity index (χ2v) is 6.53. The Balaban J connectivity index is 1.85. The standard InChI is InChI=1S/C19H21N5O2/c1-13-11-21-17(12-20-13)23-8-4-7-16(23)18-22-15-6-3-2-5-14(15)19(26)24(18)9-10-25/h2-3,5-6,11-12,16,25H,4,7-10H2,1H3. The molecule has 0 aliphatic carbocycles. The van der Waals surface area contributed by atoms with Gasteiger partial charge in [-0.3, -0.25) is 14.3 Å². The van der Waals surface area contributed by atoms with Crippen LogP contribution in [0.5, 0.6) is 0 Å². The van der Waals surface area contributed by atoms with Gasteiger partial charge in [0.2, 0.25) is 0 Å². The second kappa shape index (κ2) is 6.84. The van der Waals surface area contributed by atoms with Gasteiger partial charge in [-0.15, -0.1) is 0 Å². The molecule has 3 heterocycles. The van der Waals surface area contributed by atoms with Crippen molar-refractivity contribution in [3.63, 3.8) is 0 Å². The molecule has 0 radical (unpaired) electrons. The first-order chi connectivity index (χ1) is 12.7. The van der Waals surface area contributed by atoms with Crippen LogP contribution in [0.1, 0.15) is 30.4 Å². The Morgan fingerprint density at radius 2 is 2.08 bits per heavy atom. The number of fused-ring (bicyclic) bond motifs is 1. The van der Waals surface area contributed by atoms with Crippen molar-refractivity contribution in [3.8, 4) is 0 Å². The van der Waals surface area contributed by atoms with Crippen molar-refractivity contribution in [3.05, 3.63) is 58.5 Å². The Hall–Kier alpha value is -2.80. The summed E-state index contributed by atoms with van der Waals surface area (Å²) in [5, 5.41) is 10.0. The van der Waals surface area contributed by atoms with E-state index in [4.69, 9.17) is 4.98 Å². The SMILES string of the molecule is Cc1cnc(N2CCCC2c2nc3ccccc3c(=O)n2CCO)cn1. The third-order valence-electron chi connectivity index (χ3n) is 4.83. The van der Waals surface area contributed by atoms with E-state index in [0.29, 0.717) is 16.7 Å². The fourth-order valence-electron chi connectivity index (χ4n) is 3.60. The molecule has 1 atom stereocenters. The highest BCUT2D eigenvalue weighted by Crippen LogP contribution is 2.34. The summed E-state index contributed by atoms with van der Waals surface area (Å²) in [6, 6.07) is 7.29. The maximum absolute atomic E-state index is 12.9. The van der Waals surface area contributed by atoms with Crippen LogP contribution in [0.3, 0.4) is 0 Å². The van der Waals surface area contributed by atoms with Gasteiger partial charge in [-0.05, 0) is 31.9 Å². The minimum Gasteiger partial charge on any atom is -0.395 e. The Morgan fingerprint density at radius 1 is 1.23 bits per heavy atom. The highest BCUT2D eigenvalue weighted by molar-refractivity contribution is 5.77. The molecular formula is C19H21N5O2. The van der Waals surface area contributed by atoms with Crippen molar-refractivity contribution in [1.82, 2.24) is 19.5 Å². The zero-order chi connectivity index (χ0) is 18.1. The summed E-state index contributed by atoms with van der Waals surface area (Å²) in [7, 11) is 0. The van der Waals surface area contributed by atoms with Crippen LogP contribution < -0.4 is 10.5 Å². The maximum atomic E-state index is 12.9. The molecule has 1 aliphatic heterocycles. The molecule has 7 nitrogen and oxygen atoms in total. The number of para-hydroxylation sites is 1. The Bertz CT molecular complexity index is 983. The van der Waals surface area contributed by atoms with Crippen LogP contribution in [0.15, 0.2) is 41.5 Å². The molecule has 4 rings (SSSR count). The molecule has 0 amide bonds. The van der Waals surface area contributed by atoms with E-state index >= 15 is 0 Å². The van der Waals surface area contributed by atoms with E-state index in [1.165, 1.54) is 0 Å². The van der Waals surface area contributed by atoms with E-state index in [1.807, 2.05) is 25.1 Å². The first-order valence-electron chi connectivity index (χ1n) is 8.84. The van der Waals surface area contributed by atoms with Crippen molar-refractivity contribution in [2.45, 2.75) is 32.4 Å². The molecule has 1 fully saturated rings. The minimum absolute atomic E-state index is 0.0594. The summed E-state index contributed by atoms with van der Waals surface area (Å²) in [4.78, 5) is 28.7. The molecule has 26 heavy (non-hydrogen) atoms. The highest BCUT2D eigenvalue weighted by Gasteiger charge is 2.31. The van der Waals surface area contributed by atoms with Crippen LogP contribution in [0.2, 0.25) is 0 Å². The Morgan fingerprint density at radius 3 is 2.85 bits per heavy atom. The van der Waals surface area contributed by atoms with Crippen molar-refractivity contribution in [2.75, 3.05) is 18.1 Å². The van der Waals surface area contributed by atoms with Crippen molar-refractivity contribution < 1.29 is 5.11 Å². The minimum atomic E-state index is -0.110. The van der Waals surface area contributed by atoms with E-state index in [1.54, 1.807) is 23.0 Å². The van der Waals surface area contributed by atoms with Gasteiger partial charge in [0.1, 0.15) is 11.6 Å². The molecule has 1 unspecified atom stereocenters. The molecule has 1 saturated heterocycles. The molecule has 2 aromatic heterocycles. The molecule has 1 aromatic carbocycles. The molecule has 0 bridgehead atoms. The average Bonchev–Trinajstić information content (AvgIpc) is 3.14. The van der Waals surface area contributed by atoms with Crippen LogP contribution >= 0.6 is 0 Å². The summed E-state index contributed by atoms with van der Waals surface area (Å²) in [6.07, 6.45) is 5.39. The number of nitrogens with zero attached hydrogens (tertiary/aromatic N) is 5. The zero-order valence-electron chi connectivity index (χ0n) is 14.7. The fraction of sp³-hybridized carbons (Fsp3) is 0.368. The van der Waals surface area contributed by atoms with Crippen LogP contribution in [-0.2, 0) is 6.54 Å². The lowest BCUT2D eigenvalue weighted by Crippen LogP contribution is -2.33. The lowest BCUT2D eigenvalue weighted by Gasteiger charge is -2.27. The number of aliphatic hydroxyl groups is 1. The van der Waals surface area contributed by atoms with Crippen molar-refractivity contribution in [2.24, 2.45) is 0 Å². The number of aromatic nitrogens is 4. The Kier molecular flexibility index (Phi) is 4.38. The third-order valence-corrected chi connectivity index (χ3v) is 4.83. The monoisotopic (exact) mass is 351 g/mol. The van der Waals surface area contributed by atoms with Crippen LogP contribution in [-0.4, -0.2) is 37.8 Å². The van der Waals surface area contributed by atoms with Crippen LogP contribution in [0, 0.1) is 6.92 Å². The summed E-state index contributed by atoms with van der Waals surface area (Å²) in [6.45, 7) is 2.87. The average molecular weight is 351 g/mol. The number of hydrogen-bond donors (Lipinski definition) is 1. The molecule has 7 heteroatoms. The predicted octanol–water partition coefficient (Wildman–Crippen LogP) is 1.83. The lowest BCUT2D eigenvalue weighted by atomic mass is 10.1. The van der Waals surface area contributed by atoms with Gasteiger partial charge in [-0.1, -0.05) is 12.1 Å². The highest BCUT2D eigenvalue weighted by atomic mass is 16.3. The van der Waals surface area contributed by atoms with Gasteiger partial charge in [0, 0.05) is 6.54 Å². The molecule has 3 aromatic rings. The fourth-order valence-corrected chi connectivity index (χ4v) is 3.60. The van der Waals surface area contributed by atoms with Gasteiger partial charge in [-0.2, -0.15) is 0 Å². The van der Waals surface area contributed by atoms with E-state index in [2.05, 4.69) is 14.9 Å². The first kappa shape index (κ1) is 16.7. The van der Waals surface area contributed by atoms with Gasteiger partial charge in [-0.25, -0.2) is 9.97 Å². The smallest absolute Gasteiger partial charge is 0.261 e. The quantitative estimate of drug-likeness (QED) is 0.772. The molecule has 0 spiro atoms. The topological polar surface area (TPSA) is 84.1 Å². The summed E-state index contributed by atoms with van der Waals surface area (Å²) < 4.78 is 1.60. The van der Waals surface area contributed by atoms with E-state index in [9.17, 15) is 9.90 Å². The molecular weight excluding hydrogens is 330 g/mol. The van der Waals surface area contributed by atoms with Crippen molar-refractivity contribution in [1.29, 1.82) is 0 Å². The van der Waals surface area contributed by atoms with Crippen molar-refractivity contribution >= 4 is 16.7 Å². The normalized spacial score (nSPS) is 17.2.